The molecule has 0 saturated heterocycles. The van der Waals surface area contributed by atoms with E-state index in [2.05, 4.69) is 4.98 Å². The minimum atomic E-state index is -0.470. The molecule has 6 nitrogen and oxygen atoms in total. The second-order valence-corrected chi connectivity index (χ2v) is 7.04. The van der Waals surface area contributed by atoms with Gasteiger partial charge in [-0.15, -0.1) is 0 Å². The zero-order chi connectivity index (χ0) is 20.8. The summed E-state index contributed by atoms with van der Waals surface area (Å²) < 4.78 is 6.17. The number of nitrogens with zero attached hydrogens (tertiary/aromatic N) is 1. The highest BCUT2D eigenvalue weighted by atomic mass is 16.5. The van der Waals surface area contributed by atoms with Crippen LogP contribution >= 0.6 is 0 Å². The number of Topliss-reactive ketones (excluding diaryl/α,β-unsaturated/α-hetero) is 1. The molecular weight excluding hydrogens is 380 g/mol. The maximum atomic E-state index is 13.1. The summed E-state index contributed by atoms with van der Waals surface area (Å²) in [5, 5.41) is 13.5. The van der Waals surface area contributed by atoms with Crippen molar-refractivity contribution in [3.8, 4) is 17.0 Å². The lowest BCUT2D eigenvalue weighted by Crippen LogP contribution is -2.16. The van der Waals surface area contributed by atoms with Gasteiger partial charge in [-0.3, -0.25) is 9.59 Å². The number of ketones is 1. The van der Waals surface area contributed by atoms with Gasteiger partial charge in [-0.25, -0.2) is 0 Å². The topological polar surface area (TPSA) is 85.2 Å². The molecule has 6 heteroatoms. The Bertz CT molecular complexity index is 1350. The van der Waals surface area contributed by atoms with Gasteiger partial charge in [0.1, 0.15) is 5.56 Å². The number of hydrogen-bond acceptors (Lipinski definition) is 4. The van der Waals surface area contributed by atoms with Crippen LogP contribution in [0.2, 0.25) is 0 Å². The third-order valence-corrected chi connectivity index (χ3v) is 5.10. The number of esters is 1. The van der Waals surface area contributed by atoms with Crippen LogP contribution in [0.5, 0.6) is 5.75 Å². The summed E-state index contributed by atoms with van der Waals surface area (Å²) in [4.78, 5) is 28.1. The van der Waals surface area contributed by atoms with Crippen LogP contribution in [0.25, 0.3) is 22.2 Å². The van der Waals surface area contributed by atoms with Crippen molar-refractivity contribution in [3.63, 3.8) is 0 Å². The van der Waals surface area contributed by atoms with Crippen molar-refractivity contribution in [1.29, 1.82) is 0 Å². The number of carbonyl (C=O) groups is 2. The molecule has 1 aliphatic rings. The van der Waals surface area contributed by atoms with Crippen molar-refractivity contribution in [2.45, 2.75) is 6.92 Å². The number of ether oxygens (including phenoxy) is 1. The van der Waals surface area contributed by atoms with E-state index in [1.54, 1.807) is 36.4 Å². The van der Waals surface area contributed by atoms with E-state index in [4.69, 9.17) is 4.74 Å². The van der Waals surface area contributed by atoms with Gasteiger partial charge in [-0.2, -0.15) is 4.74 Å². The SMILES string of the molecule is CC(=O)Oc1c(-c2ccccc2)[nH]c2cc3c(cc12)C(=O)C(c1ccccc1)=[N+]3[O-]. The molecule has 0 aliphatic carbocycles. The van der Waals surface area contributed by atoms with Crippen molar-refractivity contribution < 1.29 is 19.1 Å². The lowest BCUT2D eigenvalue weighted by Gasteiger charge is -2.04. The van der Waals surface area contributed by atoms with Gasteiger partial charge < -0.3 is 14.9 Å². The van der Waals surface area contributed by atoms with Gasteiger partial charge in [0.15, 0.2) is 5.75 Å². The molecule has 0 atom stereocenters. The monoisotopic (exact) mass is 396 g/mol. The van der Waals surface area contributed by atoms with E-state index < -0.39 is 5.97 Å². The third-order valence-electron chi connectivity index (χ3n) is 5.10. The van der Waals surface area contributed by atoms with Crippen LogP contribution in [-0.2, 0) is 4.79 Å². The van der Waals surface area contributed by atoms with E-state index in [1.165, 1.54) is 6.92 Å². The van der Waals surface area contributed by atoms with Gasteiger partial charge in [0.2, 0.25) is 5.69 Å². The largest absolute Gasteiger partial charge is 0.618 e. The van der Waals surface area contributed by atoms with Gasteiger partial charge in [-0.05, 0) is 18.2 Å². The smallest absolute Gasteiger partial charge is 0.308 e. The number of hydrogen-bond donors (Lipinski definition) is 1. The number of rotatable bonds is 3. The Morgan fingerprint density at radius 2 is 1.60 bits per heavy atom. The van der Waals surface area contributed by atoms with Crippen LogP contribution in [-0.4, -0.2) is 27.2 Å². The number of nitrogens with one attached hydrogen (secondary N) is 1. The predicted molar refractivity (Wildman–Crippen MR) is 113 cm³/mol. The molecule has 146 valence electrons. The summed E-state index contributed by atoms with van der Waals surface area (Å²) in [6.07, 6.45) is 0. The molecule has 0 bridgehead atoms. The van der Waals surface area contributed by atoms with Gasteiger partial charge in [-0.1, -0.05) is 48.5 Å². The Morgan fingerprint density at radius 3 is 2.23 bits per heavy atom. The van der Waals surface area contributed by atoms with Gasteiger partial charge >= 0.3 is 5.97 Å². The molecule has 0 saturated carbocycles. The van der Waals surface area contributed by atoms with Crippen molar-refractivity contribution in [3.05, 3.63) is 89.1 Å². The van der Waals surface area contributed by atoms with Crippen LogP contribution in [0.4, 0.5) is 5.69 Å². The van der Waals surface area contributed by atoms with Crippen molar-refractivity contribution in [2.75, 3.05) is 0 Å². The van der Waals surface area contributed by atoms with Crippen molar-refractivity contribution >= 4 is 34.1 Å². The lowest BCUT2D eigenvalue weighted by molar-refractivity contribution is -0.355. The first-order valence-corrected chi connectivity index (χ1v) is 9.42. The summed E-state index contributed by atoms with van der Waals surface area (Å²) in [6, 6.07) is 21.5. The van der Waals surface area contributed by atoms with Crippen LogP contribution in [0, 0.1) is 5.21 Å². The molecule has 1 aromatic heterocycles. The third kappa shape index (κ3) is 2.69. The second-order valence-electron chi connectivity index (χ2n) is 7.04. The van der Waals surface area contributed by atoms with Crippen molar-refractivity contribution in [1.82, 2.24) is 4.98 Å². The fraction of sp³-hybridized carbons (Fsp3) is 0.0417. The van der Waals surface area contributed by atoms with Gasteiger partial charge in [0.05, 0.1) is 16.8 Å². The molecule has 30 heavy (non-hydrogen) atoms. The molecule has 0 unspecified atom stereocenters. The average Bonchev–Trinajstić information content (AvgIpc) is 3.22. The summed E-state index contributed by atoms with van der Waals surface area (Å²) in [5.41, 5.74) is 3.23. The number of fused-ring (bicyclic) bond motifs is 2. The molecule has 1 N–H and O–H groups in total. The normalized spacial score (nSPS) is 13.0. The van der Waals surface area contributed by atoms with Crippen LogP contribution in [0.15, 0.2) is 72.8 Å². The van der Waals surface area contributed by atoms with E-state index >= 15 is 0 Å². The van der Waals surface area contributed by atoms with E-state index in [1.807, 2.05) is 36.4 Å². The summed E-state index contributed by atoms with van der Waals surface area (Å²) in [6.45, 7) is 1.33. The zero-order valence-electron chi connectivity index (χ0n) is 16.0. The molecule has 1 aliphatic heterocycles. The van der Waals surface area contributed by atoms with Gasteiger partial charge in [0, 0.05) is 23.9 Å². The quantitative estimate of drug-likeness (QED) is 0.312. The first-order valence-electron chi connectivity index (χ1n) is 9.42. The Labute approximate surface area is 171 Å². The number of carbonyl (C=O) groups excluding carboxylic acids is 2. The van der Waals surface area contributed by atoms with E-state index in [0.717, 1.165) is 5.56 Å². The first kappa shape index (κ1) is 17.9. The fourth-order valence-corrected chi connectivity index (χ4v) is 3.80. The Hall–Kier alpha value is -4.19. The van der Waals surface area contributed by atoms with Crippen LogP contribution < -0.4 is 4.74 Å². The van der Waals surface area contributed by atoms with Gasteiger partial charge in [0.25, 0.3) is 11.5 Å². The molecular formula is C24H16N2O4. The highest BCUT2D eigenvalue weighted by Crippen LogP contribution is 2.41. The molecule has 0 fully saturated rings. The molecule has 0 spiro atoms. The maximum Gasteiger partial charge on any atom is 0.308 e. The molecule has 3 aromatic carbocycles. The minimum absolute atomic E-state index is 0.0792. The number of H-pyrrole nitrogens is 1. The Morgan fingerprint density at radius 1 is 0.967 bits per heavy atom. The molecule has 4 aromatic rings. The molecule has 5 rings (SSSR count). The predicted octanol–water partition coefficient (Wildman–Crippen LogP) is 4.59. The Balaban J connectivity index is 1.74. The summed E-state index contributed by atoms with van der Waals surface area (Å²) in [7, 11) is 0. The number of aromatic nitrogens is 1. The minimum Gasteiger partial charge on any atom is -0.618 e. The molecule has 0 amide bonds. The van der Waals surface area contributed by atoms with Crippen LogP contribution in [0.3, 0.4) is 0 Å². The summed E-state index contributed by atoms with van der Waals surface area (Å²) >= 11 is 0. The maximum absolute atomic E-state index is 13.1. The first-order chi connectivity index (χ1) is 14.5. The van der Waals surface area contributed by atoms with Crippen LogP contribution in [0.1, 0.15) is 22.8 Å². The lowest BCUT2D eigenvalue weighted by atomic mass is 10.0. The highest BCUT2D eigenvalue weighted by Gasteiger charge is 2.37. The summed E-state index contributed by atoms with van der Waals surface area (Å²) in [5.74, 6) is -0.490. The van der Waals surface area contributed by atoms with E-state index in [0.29, 0.717) is 32.6 Å². The van der Waals surface area contributed by atoms with E-state index in [-0.39, 0.29) is 22.7 Å². The Kier molecular flexibility index (Phi) is 3.99. The average molecular weight is 396 g/mol. The molecule has 0 radical (unpaired) electrons. The highest BCUT2D eigenvalue weighted by molar-refractivity contribution is 6.52. The van der Waals surface area contributed by atoms with Crippen molar-refractivity contribution in [2.24, 2.45) is 0 Å². The fourth-order valence-electron chi connectivity index (χ4n) is 3.80. The zero-order valence-corrected chi connectivity index (χ0v) is 16.0. The number of benzene rings is 3. The molecule has 2 heterocycles. The standard InChI is InChI=1S/C24H16N2O4/c1-14(27)30-24-17-12-18-20(13-19(17)25-21(24)15-8-4-2-5-9-15)26(29)22(23(18)28)16-10-6-3-7-11-16/h2-13,25H,1H3. The second kappa shape index (κ2) is 6.70. The number of aromatic amines is 1. The van der Waals surface area contributed by atoms with E-state index in [9.17, 15) is 14.8 Å².